The minimum atomic E-state index is -2.51. The van der Waals surface area contributed by atoms with Gasteiger partial charge >= 0.3 is 0 Å². The van der Waals surface area contributed by atoms with Crippen LogP contribution in [0.3, 0.4) is 0 Å². The molecule has 3 atom stereocenters. The van der Waals surface area contributed by atoms with Crippen molar-refractivity contribution in [3.63, 3.8) is 0 Å². The third-order valence-corrected chi connectivity index (χ3v) is 5.11. The van der Waals surface area contributed by atoms with E-state index in [0.717, 1.165) is 18.4 Å². The maximum atomic E-state index is 12.2. The van der Waals surface area contributed by atoms with Crippen LogP contribution < -0.4 is 5.06 Å². The molecule has 1 fully saturated rings. The lowest BCUT2D eigenvalue weighted by Gasteiger charge is -2.34. The number of hydroxylamine groups is 2. The van der Waals surface area contributed by atoms with Crippen molar-refractivity contribution in [2.24, 2.45) is 5.92 Å². The van der Waals surface area contributed by atoms with E-state index in [1.807, 2.05) is 12.2 Å². The first-order valence-corrected chi connectivity index (χ1v) is 8.58. The van der Waals surface area contributed by atoms with Crippen molar-refractivity contribution in [1.82, 2.24) is 0 Å². The molecule has 2 N–H and O–H groups in total. The predicted octanol–water partition coefficient (Wildman–Crippen LogP) is 0.585. The second-order valence-electron chi connectivity index (χ2n) is 5.44. The predicted molar refractivity (Wildman–Crippen MR) is 68.4 cm³/mol. The van der Waals surface area contributed by atoms with Gasteiger partial charge in [-0.15, -0.1) is 0 Å². The first kappa shape index (κ1) is 13.0. The van der Waals surface area contributed by atoms with Gasteiger partial charge in [0.25, 0.3) is 0 Å². The summed E-state index contributed by atoms with van der Waals surface area (Å²) in [4.78, 5) is 0. The second-order valence-corrected chi connectivity index (χ2v) is 8.66. The molecule has 2 rings (SSSR count). The van der Waals surface area contributed by atoms with Crippen LogP contribution in [0.5, 0.6) is 0 Å². The summed E-state index contributed by atoms with van der Waals surface area (Å²) in [5, 5.41) is 22.2. The van der Waals surface area contributed by atoms with Crippen molar-refractivity contribution in [2.45, 2.75) is 25.0 Å². The molecular formula is C12H20NO3P. The molecule has 0 spiro atoms. The molecule has 0 aromatic heterocycles. The molecule has 0 heterocycles. The van der Waals surface area contributed by atoms with Crippen LogP contribution in [-0.4, -0.2) is 37.6 Å². The number of hydrogen-bond donors (Lipinski definition) is 2. The smallest absolute Gasteiger partial charge is 0.138 e. The summed E-state index contributed by atoms with van der Waals surface area (Å²) < 4.78 is 12.2. The van der Waals surface area contributed by atoms with Gasteiger partial charge in [0.15, 0.2) is 0 Å². The van der Waals surface area contributed by atoms with E-state index in [9.17, 15) is 14.9 Å². The van der Waals surface area contributed by atoms with Crippen molar-refractivity contribution in [2.75, 3.05) is 20.4 Å². The van der Waals surface area contributed by atoms with Crippen molar-refractivity contribution in [3.05, 3.63) is 28.2 Å². The second kappa shape index (κ2) is 4.36. The molecular weight excluding hydrogens is 237 g/mol. The molecule has 96 valence electrons. The van der Waals surface area contributed by atoms with Gasteiger partial charge in [-0.25, -0.2) is 0 Å². The quantitative estimate of drug-likeness (QED) is 0.574. The number of aliphatic hydroxyl groups excluding tert-OH is 1. The van der Waals surface area contributed by atoms with Crippen LogP contribution in [-0.2, 0) is 4.57 Å². The van der Waals surface area contributed by atoms with Gasteiger partial charge in [0.1, 0.15) is 19.3 Å². The number of nitrogens with one attached hydrogen (secondary N) is 1. The van der Waals surface area contributed by atoms with Crippen LogP contribution in [0.15, 0.2) is 23.0 Å². The van der Waals surface area contributed by atoms with Gasteiger partial charge in [-0.05, 0) is 49.8 Å². The normalized spacial score (nSPS) is 31.8. The van der Waals surface area contributed by atoms with Crippen molar-refractivity contribution in [1.29, 1.82) is 0 Å². The molecule has 0 radical (unpaired) electrons. The summed E-state index contributed by atoms with van der Waals surface area (Å²) >= 11 is 0. The molecule has 0 saturated heterocycles. The molecule has 0 amide bonds. The summed E-state index contributed by atoms with van der Waals surface area (Å²) in [5.74, 6) is 0.505. The van der Waals surface area contributed by atoms with Crippen LogP contribution in [0.25, 0.3) is 0 Å². The van der Waals surface area contributed by atoms with E-state index >= 15 is 0 Å². The number of aliphatic hydroxyl groups is 1. The zero-order valence-corrected chi connectivity index (χ0v) is 11.4. The topological polar surface area (TPSA) is 64.8 Å². The van der Waals surface area contributed by atoms with E-state index in [1.54, 1.807) is 13.3 Å². The van der Waals surface area contributed by atoms with E-state index in [1.165, 1.54) is 7.05 Å². The molecule has 0 bridgehead atoms. The Bertz CT molecular complexity index is 417. The molecule has 0 aliphatic heterocycles. The zero-order valence-electron chi connectivity index (χ0n) is 10.5. The van der Waals surface area contributed by atoms with Crippen molar-refractivity contribution >= 4 is 7.14 Å². The average molecular weight is 257 g/mol. The first-order valence-electron chi connectivity index (χ1n) is 5.98. The highest BCUT2D eigenvalue weighted by Crippen LogP contribution is 2.52. The summed E-state index contributed by atoms with van der Waals surface area (Å²) in [6.45, 7) is 3.30. The van der Waals surface area contributed by atoms with Gasteiger partial charge in [0.05, 0.1) is 7.05 Å². The van der Waals surface area contributed by atoms with Gasteiger partial charge in [-0.3, -0.25) is 0 Å². The Hall–Kier alpha value is -0.410. The molecule has 0 aromatic carbocycles. The monoisotopic (exact) mass is 257 g/mol. The lowest BCUT2D eigenvalue weighted by Crippen LogP contribution is -3.09. The standard InChI is InChI=1S/C12H20NO3P/c1-13(15)10-6-9(8-4-5-8)7-11(12(10)14)17(2,3)16/h6-8,10,12-14H,4-5H2,1-3H3. The van der Waals surface area contributed by atoms with Gasteiger partial charge in [0, 0.05) is 5.31 Å². The number of quaternary nitrogens is 1. The van der Waals surface area contributed by atoms with E-state index in [4.69, 9.17) is 0 Å². The van der Waals surface area contributed by atoms with E-state index in [-0.39, 0.29) is 5.06 Å². The Balaban J connectivity index is 2.37. The van der Waals surface area contributed by atoms with Crippen LogP contribution in [0.4, 0.5) is 0 Å². The fourth-order valence-electron chi connectivity index (χ4n) is 2.27. The van der Waals surface area contributed by atoms with Gasteiger partial charge in [0.2, 0.25) is 0 Å². The SMILES string of the molecule is C[NH+]([O-])C1C=C(C2CC2)C=C(P(C)(C)=O)C1O. The molecule has 17 heavy (non-hydrogen) atoms. The van der Waals surface area contributed by atoms with E-state index in [2.05, 4.69) is 0 Å². The Kier molecular flexibility index (Phi) is 3.34. The molecule has 5 heteroatoms. The van der Waals surface area contributed by atoms with Crippen LogP contribution in [0.1, 0.15) is 12.8 Å². The van der Waals surface area contributed by atoms with Gasteiger partial charge in [-0.2, -0.15) is 0 Å². The summed E-state index contributed by atoms with van der Waals surface area (Å²) in [6, 6.07) is -0.515. The Morgan fingerprint density at radius 2 is 2.06 bits per heavy atom. The van der Waals surface area contributed by atoms with Crippen molar-refractivity contribution in [3.8, 4) is 0 Å². The highest BCUT2D eigenvalue weighted by Gasteiger charge is 2.37. The number of likely N-dealkylation sites (N-methyl/N-ethyl adjacent to an activating group) is 1. The molecule has 1 saturated carbocycles. The van der Waals surface area contributed by atoms with E-state index < -0.39 is 19.3 Å². The first-order chi connectivity index (χ1) is 7.80. The maximum absolute atomic E-state index is 12.2. The fraction of sp³-hybridized carbons (Fsp3) is 0.667. The minimum absolute atomic E-state index is 0.0605. The Labute approximate surface area is 102 Å². The van der Waals surface area contributed by atoms with Crippen LogP contribution in [0.2, 0.25) is 0 Å². The molecule has 4 nitrogen and oxygen atoms in total. The maximum Gasteiger partial charge on any atom is 0.138 e. The number of rotatable bonds is 3. The number of hydrogen-bond acceptors (Lipinski definition) is 3. The molecule has 2 aliphatic rings. The minimum Gasteiger partial charge on any atom is -0.634 e. The number of allylic oxidation sites excluding steroid dienone is 2. The third kappa shape index (κ3) is 2.71. The lowest BCUT2D eigenvalue weighted by molar-refractivity contribution is -0.850. The third-order valence-electron chi connectivity index (χ3n) is 3.47. The van der Waals surface area contributed by atoms with E-state index in [0.29, 0.717) is 11.2 Å². The van der Waals surface area contributed by atoms with Crippen LogP contribution in [0, 0.1) is 11.1 Å². The molecule has 0 aromatic rings. The molecule has 2 aliphatic carbocycles. The van der Waals surface area contributed by atoms with Gasteiger partial charge < -0.3 is 19.9 Å². The summed E-state index contributed by atoms with van der Waals surface area (Å²) in [5.41, 5.74) is 1.09. The largest absolute Gasteiger partial charge is 0.634 e. The molecule has 3 unspecified atom stereocenters. The lowest BCUT2D eigenvalue weighted by atomic mass is 9.97. The summed E-state index contributed by atoms with van der Waals surface area (Å²) in [7, 11) is -1.03. The van der Waals surface area contributed by atoms with Crippen LogP contribution >= 0.6 is 7.14 Å². The summed E-state index contributed by atoms with van der Waals surface area (Å²) in [6.07, 6.45) is 5.09. The fourth-order valence-corrected chi connectivity index (χ4v) is 3.53. The Morgan fingerprint density at radius 1 is 1.47 bits per heavy atom. The zero-order chi connectivity index (χ0) is 12.8. The van der Waals surface area contributed by atoms with Crippen molar-refractivity contribution < 1.29 is 14.7 Å². The van der Waals surface area contributed by atoms with Gasteiger partial charge in [-0.1, -0.05) is 0 Å². The average Bonchev–Trinajstić information content (AvgIpc) is 2.99. The Morgan fingerprint density at radius 3 is 2.47 bits per heavy atom. The highest BCUT2D eigenvalue weighted by atomic mass is 31.2. The highest BCUT2D eigenvalue weighted by molar-refractivity contribution is 7.66.